The molecule has 0 aromatic heterocycles. The van der Waals surface area contributed by atoms with Crippen molar-refractivity contribution in [2.75, 3.05) is 98.4 Å². The molecule has 0 unspecified atom stereocenters. The van der Waals surface area contributed by atoms with Gasteiger partial charge in [-0.3, -0.25) is 49.1 Å². The van der Waals surface area contributed by atoms with Crippen molar-refractivity contribution < 1.29 is 92.0 Å². The van der Waals surface area contributed by atoms with E-state index in [1.54, 1.807) is 50.3 Å². The van der Waals surface area contributed by atoms with E-state index in [2.05, 4.69) is 87.6 Å². The van der Waals surface area contributed by atoms with Crippen LogP contribution < -0.4 is 46.3 Å². The molecule has 7 aromatic carbocycles. The van der Waals surface area contributed by atoms with Crippen molar-refractivity contribution in [3.05, 3.63) is 205 Å². The molecule has 0 radical (unpaired) electrons. The van der Waals surface area contributed by atoms with Crippen LogP contribution in [0.3, 0.4) is 0 Å². The first-order valence-corrected chi connectivity index (χ1v) is 46.3. The average molecular weight is 1850 g/mol. The van der Waals surface area contributed by atoms with Gasteiger partial charge in [0, 0.05) is 130 Å². The maximum Gasteiger partial charge on any atom is 0.335 e. The second-order valence-corrected chi connectivity index (χ2v) is 39.3. The number of rotatable bonds is 34. The number of likely N-dealkylation sites (N-methyl/N-ethyl adjacent to an activating group) is 2. The van der Waals surface area contributed by atoms with E-state index < -0.39 is 102 Å². The fourth-order valence-electron chi connectivity index (χ4n) is 20.1. The molecule has 7 aromatic rings. The minimum atomic E-state index is -4.26. The number of aromatic carboxylic acids is 1. The Balaban J connectivity index is 0.000000209. The van der Waals surface area contributed by atoms with Crippen LogP contribution in [0.2, 0.25) is 0 Å². The van der Waals surface area contributed by atoms with Gasteiger partial charge in [0.15, 0.2) is 4.90 Å². The van der Waals surface area contributed by atoms with Gasteiger partial charge in [0.2, 0.25) is 21.8 Å². The van der Waals surface area contributed by atoms with Crippen LogP contribution >= 0.6 is 12.6 Å². The summed E-state index contributed by atoms with van der Waals surface area (Å²) < 4.78 is 38.3. The molecule has 2 saturated heterocycles. The number of carbonyl (C=O) groups is 5. The number of nitro benzene ring substituents is 2. The molecule has 0 spiro atoms. The Morgan fingerprint density at radius 2 is 1.05 bits per heavy atom. The van der Waals surface area contributed by atoms with Gasteiger partial charge in [-0.1, -0.05) is 139 Å². The van der Waals surface area contributed by atoms with Crippen molar-refractivity contribution in [3.8, 4) is 33.8 Å². The molecule has 131 heavy (non-hydrogen) atoms. The first-order chi connectivity index (χ1) is 61.9. The molecule has 6 aliphatic carbocycles. The number of thiol groups is 1. The lowest BCUT2D eigenvalue weighted by Gasteiger charge is -2.62. The highest BCUT2D eigenvalue weighted by atomic mass is 32.2. The minimum Gasteiger partial charge on any atom is -0.496 e. The van der Waals surface area contributed by atoms with Gasteiger partial charge in [-0.05, 0) is 170 Å². The Morgan fingerprint density at radius 3 is 1.43 bits per heavy atom. The van der Waals surface area contributed by atoms with Crippen molar-refractivity contribution >= 4 is 75.1 Å². The summed E-state index contributed by atoms with van der Waals surface area (Å²) in [6.07, 6.45) is 2.04. The molecule has 8 fully saturated rings. The molecule has 2 aliphatic heterocycles. The van der Waals surface area contributed by atoms with E-state index in [1.807, 2.05) is 154 Å². The van der Waals surface area contributed by atoms with Crippen LogP contribution in [0.1, 0.15) is 124 Å². The summed E-state index contributed by atoms with van der Waals surface area (Å²) in [4.78, 5) is 99.3. The van der Waals surface area contributed by atoms with Crippen molar-refractivity contribution in [1.29, 1.82) is 0 Å². The number of sulfonamides is 1. The standard InChI is InChI=1S/C44H61N5O6.C34H47N3O7.C16H18N4O6S.C2H4O2S/c1-26-36-21-32(44(36,3)4)22-37(26)47-43(53)40-39(27(2)51)38(25-50)55-49(40)24-29-15-12-16-35(41(29)54-8)30-18-31(20-34(19-30)48(6)7)42(52)46-33(23-45-5)17-28-13-10-9-11-14-28;1-18-26-14-23(34(26,3)4)15-27(18)35-32(40)30-29(19(2)39)28(17-38)44-37(30)16-20-9-8-10-25(31(20)43-7)21-11-22(33(41)42)13-24(12-21)36(5)6;1-18(11-13(17)9-12-5-3-2-4-6-12)27(25,26)16-8-7-14(19(21)22)10-15(16)20(23)24;3-2(4)1-5/h9-16,18-20,26-27,32-33,36-40,45,50-51H,17,21-25H2,1-8H3,(H,46,52)(H,47,53);8-13,18-19,23,26-30,38-39H,14-17H2,1-7H3,(H,35,40)(H,41,42);2-8,10,13H,9,11,17H2,1H3;5H,1H2,(H,3,4)/t26-,27-,32+,33-,36-,37-,38-,39+,40-;18-,19-,23+,26-,27-,28-,29+,30-;13-;/m000./s1. The number of hydrogen-bond acceptors (Lipinski definition) is 26. The Kier molecular flexibility index (Phi) is 35.0. The zero-order valence-electron chi connectivity index (χ0n) is 77.4. The Labute approximate surface area is 772 Å². The number of benzene rings is 7. The first kappa shape index (κ1) is 103. The number of non-ortho nitro benzene ring substituents is 1. The van der Waals surface area contributed by atoms with E-state index in [4.69, 9.17) is 30.0 Å². The van der Waals surface area contributed by atoms with Gasteiger partial charge in [-0.15, -0.1) is 0 Å². The number of nitro groups is 2. The Bertz CT molecular complexity index is 5270. The van der Waals surface area contributed by atoms with E-state index in [1.165, 1.54) is 19.9 Å². The van der Waals surface area contributed by atoms with Gasteiger partial charge in [-0.2, -0.15) is 27.1 Å². The number of aliphatic carboxylic acids is 1. The Morgan fingerprint density at radius 1 is 0.618 bits per heavy atom. The van der Waals surface area contributed by atoms with Crippen LogP contribution in [0.4, 0.5) is 22.7 Å². The average Bonchev–Trinajstić information content (AvgIpc) is 1.11. The topological polar surface area (TPSA) is 454 Å². The largest absolute Gasteiger partial charge is 0.496 e. The van der Waals surface area contributed by atoms with E-state index >= 15 is 0 Å². The van der Waals surface area contributed by atoms with Crippen LogP contribution in [0.5, 0.6) is 11.5 Å². The number of methoxy groups -OCH3 is 2. The lowest BCUT2D eigenvalue weighted by Crippen LogP contribution is -2.62. The molecular formula is C96H130N12O21S2. The van der Waals surface area contributed by atoms with Crippen LogP contribution in [0.15, 0.2) is 157 Å². The number of nitrogens with two attached hydrogens (primary N) is 1. The van der Waals surface area contributed by atoms with E-state index in [0.29, 0.717) is 94.7 Å². The van der Waals surface area contributed by atoms with Crippen LogP contribution in [-0.2, 0) is 60.0 Å². The van der Waals surface area contributed by atoms with Crippen molar-refractivity contribution in [1.82, 2.24) is 35.7 Å². The number of nitrogens with one attached hydrogen (secondary N) is 4. The molecule has 18 atom stereocenters. The summed E-state index contributed by atoms with van der Waals surface area (Å²) in [5.74, 6) is 0.131. The molecular weight excluding hydrogens is 1720 g/mol. The third-order valence-corrected chi connectivity index (χ3v) is 29.6. The van der Waals surface area contributed by atoms with Crippen molar-refractivity contribution in [3.63, 3.8) is 0 Å². The summed E-state index contributed by atoms with van der Waals surface area (Å²) in [5, 5.41) is 98.0. The smallest absolute Gasteiger partial charge is 0.335 e. The lowest BCUT2D eigenvalue weighted by atomic mass is 9.45. The molecule has 8 aliphatic rings. The molecule has 35 heteroatoms. The number of hydroxylamine groups is 4. The quantitative estimate of drug-likeness (QED) is 0.0101. The first-order valence-electron chi connectivity index (χ1n) is 44.2. The number of fused-ring (bicyclic) bond motifs is 4. The molecule has 6 saturated carbocycles. The van der Waals surface area contributed by atoms with E-state index in [-0.39, 0.29) is 90.8 Å². The number of aliphatic hydroxyl groups is 4. The number of para-hydroxylation sites is 2. The molecule has 15 rings (SSSR count). The summed E-state index contributed by atoms with van der Waals surface area (Å²) in [5.41, 5.74) is 13.9. The van der Waals surface area contributed by atoms with Gasteiger partial charge in [0.05, 0.1) is 80.0 Å². The summed E-state index contributed by atoms with van der Waals surface area (Å²) in [6, 6.07) is 41.8. The Hall–Kier alpha value is -10.3. The summed E-state index contributed by atoms with van der Waals surface area (Å²) >= 11 is 3.42. The summed E-state index contributed by atoms with van der Waals surface area (Å²) in [7, 11) is 9.63. The second kappa shape index (κ2) is 44.5. The van der Waals surface area contributed by atoms with E-state index in [0.717, 1.165) is 68.5 Å². The maximum atomic E-state index is 14.3. The van der Waals surface area contributed by atoms with Gasteiger partial charge in [-0.25, -0.2) is 13.2 Å². The second-order valence-electron chi connectivity index (χ2n) is 37.0. The van der Waals surface area contributed by atoms with Gasteiger partial charge in [0.1, 0.15) is 35.8 Å². The monoisotopic (exact) mass is 1850 g/mol. The number of ether oxygens (including phenoxy) is 2. The number of hydrogen-bond donors (Lipinski definition) is 12. The number of aliphatic hydroxyl groups excluding tert-OH is 4. The van der Waals surface area contributed by atoms with Crippen molar-refractivity contribution in [2.45, 2.75) is 173 Å². The molecule has 2 heterocycles. The highest BCUT2D eigenvalue weighted by molar-refractivity contribution is 7.89. The third kappa shape index (κ3) is 23.9. The number of carboxylic acid groups (broad SMARTS) is 2. The maximum absolute atomic E-state index is 14.3. The number of anilines is 2. The third-order valence-electron chi connectivity index (χ3n) is 27.5. The highest BCUT2D eigenvalue weighted by Gasteiger charge is 2.60. The SMILES string of the molecule is CN(C[C@@H](N)Cc1ccccc1)S(=O)(=O)c1ccc([N+](=O)[O-])cc1[N+](=O)[O-].CNC[C@H](Cc1ccccc1)NC(=O)c1cc(-c2cccc(CN3O[C@@H](CO)[C@@H]([C@H](C)O)[C@H]3C(=O)N[C@H]3C[C@H]4C[C@@H]([C@@H]3C)C4(C)C)c2OC)cc(N(C)C)c1.COc1c(CN2O[C@@H](CO)[C@@H]([C@H](C)O)[C@H]2C(=O)N[C@H]2C[C@H]3C[C@@H]([C@@H]2C)C3(C)C)cccc1-c1cc(C(=O)O)cc(N(C)C)c1.O=C(O)CS. The fourth-order valence-corrected chi connectivity index (χ4v) is 21.5. The van der Waals surface area contributed by atoms with Gasteiger partial charge in [0.25, 0.3) is 17.3 Å². The predicted molar refractivity (Wildman–Crippen MR) is 502 cm³/mol. The number of carbonyl (C=O) groups excluding carboxylic acids is 3. The van der Waals surface area contributed by atoms with Gasteiger partial charge < -0.3 is 76.9 Å². The number of amides is 3. The molecule has 712 valence electrons. The van der Waals surface area contributed by atoms with Crippen LogP contribution in [-0.4, -0.2) is 242 Å². The lowest BCUT2D eigenvalue weighted by molar-refractivity contribution is -0.396. The normalized spacial score (nSPS) is 24.2. The molecule has 12 N–H and O–H groups in total. The zero-order valence-corrected chi connectivity index (χ0v) is 79.1. The molecule has 3 amide bonds. The van der Waals surface area contributed by atoms with Crippen LogP contribution in [0, 0.1) is 78.4 Å². The van der Waals surface area contributed by atoms with Crippen LogP contribution in [0.25, 0.3) is 22.3 Å². The minimum absolute atomic E-state index is 0.0361. The summed E-state index contributed by atoms with van der Waals surface area (Å²) in [6.45, 7) is 17.2. The van der Waals surface area contributed by atoms with E-state index in [9.17, 15) is 78.2 Å². The molecule has 4 bridgehead atoms. The van der Waals surface area contributed by atoms with Crippen molar-refractivity contribution in [2.24, 2.45) is 63.9 Å². The number of carboxylic acids is 2. The predicted octanol–water partition coefficient (Wildman–Crippen LogP) is 10.1. The zero-order chi connectivity index (χ0) is 96.2. The highest BCUT2D eigenvalue weighted by Crippen LogP contribution is 2.62. The molecule has 33 nitrogen and oxygen atoms in total. The van der Waals surface area contributed by atoms with Gasteiger partial charge >= 0.3 is 11.9 Å². The number of nitrogens with zero attached hydrogens (tertiary/aromatic N) is 7. The fraction of sp³-hybridized carbons (Fsp3) is 0.510.